The average molecular weight is 272 g/mol. The van der Waals surface area contributed by atoms with E-state index in [0.29, 0.717) is 0 Å². The van der Waals surface area contributed by atoms with Crippen LogP contribution in [0.4, 0.5) is 0 Å². The largest absolute Gasteiger partial charge is 0 e. The molecule has 7 heavy (non-hydrogen) atoms. The van der Waals surface area contributed by atoms with Crippen molar-refractivity contribution in [1.82, 2.24) is 0 Å². The van der Waals surface area contributed by atoms with Crippen molar-refractivity contribution >= 4 is 51.9 Å². The fourth-order valence-corrected chi connectivity index (χ4v) is 0. The molecule has 0 aliphatic rings. The summed E-state index contributed by atoms with van der Waals surface area (Å²) in [7, 11) is -3.13. The Morgan fingerprint density at radius 1 is 1.29 bits per heavy atom. The normalized spacial score (nSPS) is 3.43. The van der Waals surface area contributed by atoms with Gasteiger partial charge in [-0.15, -0.1) is 0 Å². The molecule has 7 heteroatoms. The second-order valence-corrected chi connectivity index (χ2v) is 0.848. The maximum atomic E-state index is 8.74. The Hall–Kier alpha value is 1.64. The molecule has 0 heterocycles. The molecule has 0 fully saturated rings. The zero-order valence-electron chi connectivity index (χ0n) is 3.22. The Morgan fingerprint density at radius 2 is 1.29 bits per heavy atom. The Balaban J connectivity index is -0.0000000150. The summed E-state index contributed by atoms with van der Waals surface area (Å²) in [5, 5.41) is 0. The van der Waals surface area contributed by atoms with Crippen molar-refractivity contribution in [2.45, 2.75) is 0 Å². The first-order chi connectivity index (χ1) is 1.73. The molecule has 0 amide bonds. The second-order valence-electron chi connectivity index (χ2n) is 0.283. The van der Waals surface area contributed by atoms with E-state index >= 15 is 0 Å². The van der Waals surface area contributed by atoms with Gasteiger partial charge < -0.3 is 9.59 Å². The first-order valence-electron chi connectivity index (χ1n) is 0.651. The van der Waals surface area contributed by atoms with E-state index in [9.17, 15) is 0 Å². The zero-order chi connectivity index (χ0) is 3.58. The molecule has 0 unspecified atom stereocenters. The van der Waals surface area contributed by atoms with Crippen LogP contribution in [0.5, 0.6) is 0 Å². The Morgan fingerprint density at radius 3 is 1.29 bits per heavy atom. The quantitative estimate of drug-likeness (QED) is 0.457. The number of hydrogen-bond donors (Lipinski definition) is 2. The van der Waals surface area contributed by atoms with Crippen molar-refractivity contribution < 1.29 is 33.5 Å². The van der Waals surface area contributed by atoms with Crippen molar-refractivity contribution in [2.24, 2.45) is 0 Å². The Kier molecular flexibility index (Phi) is 52.4. The molecule has 0 saturated carbocycles. The van der Waals surface area contributed by atoms with E-state index < -0.39 is 9.17 Å². The van der Waals surface area contributed by atoms with Gasteiger partial charge in [-0.3, -0.25) is 4.46 Å². The van der Waals surface area contributed by atoms with Crippen molar-refractivity contribution in [3.63, 3.8) is 0 Å². The van der Waals surface area contributed by atoms with E-state index in [-0.39, 0.29) is 62.2 Å². The standard InChI is InChI=1S/Li.H2O3Si.Sn.Zn.3H/c;1-4(2)3;;;;;/h;1-2H;;;;;. The van der Waals surface area contributed by atoms with Crippen LogP contribution in [-0.2, 0) is 23.9 Å². The molecule has 0 aromatic rings. The van der Waals surface area contributed by atoms with Crippen LogP contribution in [0, 0.1) is 0 Å². The molecule has 3 nitrogen and oxygen atoms in total. The summed E-state index contributed by atoms with van der Waals surface area (Å²) in [6, 6.07) is 0. The van der Waals surface area contributed by atoms with E-state index in [1.54, 1.807) is 0 Å². The van der Waals surface area contributed by atoms with Crippen LogP contribution in [0.25, 0.3) is 0 Å². The predicted octanol–water partition coefficient (Wildman–Crippen LogP) is -3.18. The molecule has 0 aromatic carbocycles. The minimum absolute atomic E-state index is 0. The van der Waals surface area contributed by atoms with Gasteiger partial charge in [0.25, 0.3) is 0 Å². The summed E-state index contributed by atoms with van der Waals surface area (Å²) in [6.07, 6.45) is 0. The fraction of sp³-hybridized carbons (Fsp3) is 0. The molecule has 0 aliphatic carbocycles. The molecule has 0 atom stereocenters. The van der Waals surface area contributed by atoms with Crippen LogP contribution in [0.1, 0.15) is 0 Å². The van der Waals surface area contributed by atoms with Gasteiger partial charge in [0.05, 0.1) is 0 Å². The third kappa shape index (κ3) is 90.6. The van der Waals surface area contributed by atoms with Gasteiger partial charge in [0.2, 0.25) is 0 Å². The van der Waals surface area contributed by atoms with Crippen LogP contribution >= 0.6 is 0 Å². The molecule has 0 aromatic heterocycles. The molecule has 0 bridgehead atoms. The van der Waals surface area contributed by atoms with Gasteiger partial charge in [0, 0.05) is 19.5 Å². The third-order valence-corrected chi connectivity index (χ3v) is 0. The minimum atomic E-state index is -3.13. The van der Waals surface area contributed by atoms with Crippen LogP contribution in [0.15, 0.2) is 0 Å². The molecular weight excluding hydrogens is 267 g/mol. The van der Waals surface area contributed by atoms with E-state index in [1.165, 1.54) is 0 Å². The Labute approximate surface area is 84.7 Å². The third-order valence-electron chi connectivity index (χ3n) is 0. The molecule has 0 aliphatic heterocycles. The van der Waals surface area contributed by atoms with E-state index in [2.05, 4.69) is 0 Å². The smallest absolute Gasteiger partial charge is 0 e. The zero-order valence-corrected chi connectivity index (χ0v) is 11.2. The molecule has 0 spiro atoms. The fourth-order valence-electron chi connectivity index (χ4n) is 0. The Bertz CT molecular complexity index is 37.9. The van der Waals surface area contributed by atoms with Crippen LogP contribution in [0.2, 0.25) is 0 Å². The van der Waals surface area contributed by atoms with E-state index in [0.717, 1.165) is 0 Å². The number of hydrogen-bond acceptors (Lipinski definition) is 1. The molecule has 0 saturated heterocycles. The summed E-state index contributed by atoms with van der Waals surface area (Å²) >= 11 is 0. The monoisotopic (exact) mass is 272 g/mol. The van der Waals surface area contributed by atoms with Gasteiger partial charge in [-0.25, -0.2) is 0 Å². The molecule has 2 N–H and O–H groups in total. The molecular formula is H5LiO3SiSnZn. The summed E-state index contributed by atoms with van der Waals surface area (Å²) in [5.74, 6) is 0. The minimum Gasteiger partial charge on any atom is 0 e. The van der Waals surface area contributed by atoms with Gasteiger partial charge >= 0.3 is 51.9 Å². The summed E-state index contributed by atoms with van der Waals surface area (Å²) in [6.45, 7) is 0. The van der Waals surface area contributed by atoms with Gasteiger partial charge in [-0.1, -0.05) is 0 Å². The van der Waals surface area contributed by atoms with Gasteiger partial charge in [0.1, 0.15) is 0 Å². The van der Waals surface area contributed by atoms with Crippen LogP contribution < -0.4 is 0 Å². The van der Waals surface area contributed by atoms with Crippen molar-refractivity contribution in [3.8, 4) is 0 Å². The van der Waals surface area contributed by atoms with Gasteiger partial charge in [-0.05, 0) is 0 Å². The van der Waals surface area contributed by atoms with Crippen molar-refractivity contribution in [2.75, 3.05) is 0 Å². The van der Waals surface area contributed by atoms with E-state index in [1.807, 2.05) is 0 Å². The summed E-state index contributed by atoms with van der Waals surface area (Å²) in [4.78, 5) is 14.3. The van der Waals surface area contributed by atoms with Crippen LogP contribution in [-0.4, -0.2) is 61.5 Å². The number of rotatable bonds is 0. The van der Waals surface area contributed by atoms with Crippen LogP contribution in [0.3, 0.4) is 0 Å². The van der Waals surface area contributed by atoms with Gasteiger partial charge in [0.15, 0.2) is 0 Å². The second kappa shape index (κ2) is 15.6. The van der Waals surface area contributed by atoms with Crippen molar-refractivity contribution in [1.29, 1.82) is 0 Å². The maximum absolute atomic E-state index is 8.74. The molecule has 0 rings (SSSR count). The first kappa shape index (κ1) is 23.4. The average Bonchev–Trinajstić information content (AvgIpc) is 0.811. The first-order valence-corrected chi connectivity index (χ1v) is 1.95. The maximum Gasteiger partial charge on any atom is 0 e. The molecule has 34 valence electrons. The SMILES string of the molecule is O=[Si](O)O.[LiH].[SnH2].[Zn]. The van der Waals surface area contributed by atoms with Crippen molar-refractivity contribution in [3.05, 3.63) is 0 Å². The van der Waals surface area contributed by atoms with E-state index in [4.69, 9.17) is 14.1 Å². The van der Waals surface area contributed by atoms with Gasteiger partial charge in [-0.2, -0.15) is 0 Å². The topological polar surface area (TPSA) is 57.5 Å². The summed E-state index contributed by atoms with van der Waals surface area (Å²) in [5.41, 5.74) is 0. The summed E-state index contributed by atoms with van der Waals surface area (Å²) < 4.78 is 8.74. The predicted molar refractivity (Wildman–Crippen MR) is 26.6 cm³/mol. The molecule has 2 radical (unpaired) electrons.